The normalized spacial score (nSPS) is 11.4. The van der Waals surface area contributed by atoms with Crippen LogP contribution in [0.2, 0.25) is 5.09 Å². The molecule has 0 radical (unpaired) electrons. The fraction of sp³-hybridized carbons (Fsp3) is 0.867. The molecule has 0 heterocycles. The molecular weight excluding hydrogens is 187 g/mol. The van der Waals surface area contributed by atoms with Crippen LogP contribution >= 0.6 is 0 Å². The molecule has 0 spiro atoms. The van der Waals surface area contributed by atoms with Crippen molar-refractivity contribution in [3.8, 4) is 0 Å². The first-order chi connectivity index (χ1) is 7.91. The van der Waals surface area contributed by atoms with Crippen molar-refractivity contribution >= 4 is 17.7 Å². The van der Waals surface area contributed by atoms with Crippen LogP contribution in [0.4, 0.5) is 0 Å². The second-order valence-corrected chi connectivity index (χ2v) is 4.88. The van der Waals surface area contributed by atoms with Gasteiger partial charge in [-0.3, -0.25) is 0 Å². The second kappa shape index (κ2) is 15.3. The van der Waals surface area contributed by atoms with Gasteiger partial charge in [-0.15, -0.1) is 0 Å². The monoisotopic (exact) mass is 216 g/mol. The fourth-order valence-electron chi connectivity index (χ4n) is 1.97. The van der Waals surface area contributed by atoms with Gasteiger partial charge >= 0.3 is 92.7 Å². The third-order valence-electron chi connectivity index (χ3n) is 3.12. The smallest absolute Gasteiger partial charge is 0.0654 e. The van der Waals surface area contributed by atoms with Crippen LogP contribution in [0.5, 0.6) is 0 Å². The number of rotatable bonds is 12. The van der Waals surface area contributed by atoms with Gasteiger partial charge in [0.05, 0.1) is 0 Å². The van der Waals surface area contributed by atoms with Crippen molar-refractivity contribution in [2.75, 3.05) is 0 Å². The summed E-state index contributed by atoms with van der Waals surface area (Å²) in [5, 5.41) is 1.36. The third-order valence-corrected chi connectivity index (χ3v) is 3.12. The molecule has 0 nitrogen and oxygen atoms in total. The number of allylic oxidation sites excluding steroid dienone is 2. The van der Waals surface area contributed by atoms with Gasteiger partial charge in [-0.1, -0.05) is 19.8 Å². The molecule has 0 atom stereocenters. The van der Waals surface area contributed by atoms with Gasteiger partial charge in [0, 0.05) is 0 Å². The maximum atomic E-state index is 2.39. The summed E-state index contributed by atoms with van der Waals surface area (Å²) < 4.78 is 0. The fourth-order valence-corrected chi connectivity index (χ4v) is 1.97. The van der Waals surface area contributed by atoms with E-state index in [9.17, 15) is 0 Å². The Balaban J connectivity index is 2.98. The van der Waals surface area contributed by atoms with E-state index in [-0.39, 0.29) is 0 Å². The number of hydrogen-bond donors (Lipinski definition) is 0. The predicted octanol–water partition coefficient (Wildman–Crippen LogP) is 5.44. The molecule has 0 fully saturated rings. The predicted molar refractivity (Wildman–Crippen MR) is 76.2 cm³/mol. The van der Waals surface area contributed by atoms with Gasteiger partial charge in [0.1, 0.15) is 0 Å². The summed E-state index contributed by atoms with van der Waals surface area (Å²) in [6, 6.07) is 0. The van der Waals surface area contributed by atoms with Crippen molar-refractivity contribution in [1.82, 2.24) is 0 Å². The van der Waals surface area contributed by atoms with Crippen LogP contribution in [0.1, 0.15) is 77.6 Å². The molecule has 0 bridgehead atoms. The molecule has 0 aliphatic rings. The molecule has 0 aromatic rings. The van der Waals surface area contributed by atoms with Crippen molar-refractivity contribution < 1.29 is 0 Å². The second-order valence-electron chi connectivity index (χ2n) is 4.88. The molecule has 0 aromatic carbocycles. The van der Waals surface area contributed by atoms with Crippen molar-refractivity contribution in [1.29, 1.82) is 0 Å². The molecular formula is C15H29Li. The Hall–Kier alpha value is 0.337. The minimum atomic E-state index is 1.30. The molecule has 0 aliphatic heterocycles. The minimum absolute atomic E-state index is 1.30. The van der Waals surface area contributed by atoms with E-state index in [0.717, 1.165) is 0 Å². The molecule has 0 unspecified atom stereocenters. The van der Waals surface area contributed by atoms with E-state index in [1.165, 1.54) is 75.7 Å². The standard InChI is InChI=1S/C15H29.Li/c1-3-5-7-9-11-13-15-14-12-10-8-6-4-2;/h14-15H,1,3-13H2,2H3;/b15-14-;. The molecule has 1 heteroatoms. The Morgan fingerprint density at radius 3 is 1.75 bits per heavy atom. The molecule has 16 heavy (non-hydrogen) atoms. The van der Waals surface area contributed by atoms with E-state index >= 15 is 0 Å². The summed E-state index contributed by atoms with van der Waals surface area (Å²) in [5.74, 6) is 0. The average molecular weight is 216 g/mol. The molecule has 0 aliphatic carbocycles. The van der Waals surface area contributed by atoms with Crippen LogP contribution in [-0.2, 0) is 0 Å². The van der Waals surface area contributed by atoms with Crippen LogP contribution in [0.15, 0.2) is 12.2 Å². The number of hydrogen-bond acceptors (Lipinski definition) is 0. The molecule has 0 saturated carbocycles. The molecule has 0 N–H and O–H groups in total. The van der Waals surface area contributed by atoms with Gasteiger partial charge in [0.2, 0.25) is 0 Å². The maximum absolute atomic E-state index is 2.39. The van der Waals surface area contributed by atoms with Crippen LogP contribution < -0.4 is 0 Å². The first-order valence-corrected chi connectivity index (χ1v) is 7.56. The quantitative estimate of drug-likeness (QED) is 0.231. The Labute approximate surface area is 112 Å². The average Bonchev–Trinajstić information content (AvgIpc) is 2.31. The summed E-state index contributed by atoms with van der Waals surface area (Å²) in [4.78, 5) is 0. The number of unbranched alkanes of at least 4 members (excludes halogenated alkanes) is 9. The summed E-state index contributed by atoms with van der Waals surface area (Å²) in [6.45, 7) is 2.27. The van der Waals surface area contributed by atoms with Gasteiger partial charge in [-0.25, -0.2) is 0 Å². The molecule has 0 saturated heterocycles. The summed E-state index contributed by atoms with van der Waals surface area (Å²) >= 11 is 2.28. The van der Waals surface area contributed by atoms with Gasteiger partial charge in [0.15, 0.2) is 0 Å². The van der Waals surface area contributed by atoms with E-state index in [4.69, 9.17) is 0 Å². The Morgan fingerprint density at radius 2 is 1.19 bits per heavy atom. The Kier molecular flexibility index (Phi) is 15.7. The molecule has 0 rings (SSSR count). The van der Waals surface area contributed by atoms with E-state index in [0.29, 0.717) is 0 Å². The van der Waals surface area contributed by atoms with Crippen LogP contribution in [0, 0.1) is 0 Å². The van der Waals surface area contributed by atoms with Gasteiger partial charge in [-0.2, -0.15) is 0 Å². The van der Waals surface area contributed by atoms with Crippen molar-refractivity contribution in [2.24, 2.45) is 0 Å². The summed E-state index contributed by atoms with van der Waals surface area (Å²) in [6.07, 6.45) is 20.1. The van der Waals surface area contributed by atoms with Crippen molar-refractivity contribution in [3.63, 3.8) is 0 Å². The van der Waals surface area contributed by atoms with E-state index in [2.05, 4.69) is 36.8 Å². The zero-order chi connectivity index (χ0) is 11.9. The molecule has 0 amide bonds. The van der Waals surface area contributed by atoms with Crippen LogP contribution in [-0.4, -0.2) is 17.7 Å². The Morgan fingerprint density at radius 1 is 0.688 bits per heavy atom. The first-order valence-electron chi connectivity index (χ1n) is 7.56. The third kappa shape index (κ3) is 14.3. The van der Waals surface area contributed by atoms with Gasteiger partial charge in [-0.05, 0) is 0 Å². The van der Waals surface area contributed by atoms with Crippen molar-refractivity contribution in [2.45, 2.75) is 82.6 Å². The van der Waals surface area contributed by atoms with E-state index in [1.807, 2.05) is 0 Å². The van der Waals surface area contributed by atoms with E-state index < -0.39 is 0 Å². The van der Waals surface area contributed by atoms with E-state index in [1.54, 1.807) is 0 Å². The van der Waals surface area contributed by atoms with Gasteiger partial charge < -0.3 is 0 Å². The van der Waals surface area contributed by atoms with Gasteiger partial charge in [0.25, 0.3) is 0 Å². The summed E-state index contributed by atoms with van der Waals surface area (Å²) in [7, 11) is 0. The van der Waals surface area contributed by atoms with Crippen LogP contribution in [0.25, 0.3) is 0 Å². The SMILES string of the molecule is [Li][CH2]CCCCCC/C=C\CCCCCC. The molecule has 0 aromatic heterocycles. The first kappa shape index (κ1) is 16.3. The zero-order valence-corrected chi connectivity index (χ0v) is 11.6. The zero-order valence-electron chi connectivity index (χ0n) is 11.6. The van der Waals surface area contributed by atoms with Crippen molar-refractivity contribution in [3.05, 3.63) is 12.2 Å². The Bertz CT molecular complexity index is 140. The molecule has 90 valence electrons. The minimum Gasteiger partial charge on any atom is -0.0654 e. The summed E-state index contributed by atoms with van der Waals surface area (Å²) in [5.41, 5.74) is 0. The topological polar surface area (TPSA) is 0 Å². The van der Waals surface area contributed by atoms with Crippen LogP contribution in [0.3, 0.4) is 0 Å².